The van der Waals surface area contributed by atoms with E-state index in [1.54, 1.807) is 0 Å². The Morgan fingerprint density at radius 2 is 1.79 bits per heavy atom. The fourth-order valence-corrected chi connectivity index (χ4v) is 2.87. The normalized spacial score (nSPS) is 10.4. The Morgan fingerprint density at radius 3 is 2.62 bits per heavy atom. The maximum absolute atomic E-state index is 8.12. The molecule has 3 heterocycles. The number of nitrogens with one attached hydrogen (secondary N) is 2. The van der Waals surface area contributed by atoms with Crippen LogP contribution in [0.2, 0.25) is 0 Å². The molecule has 0 bridgehead atoms. The second-order valence-corrected chi connectivity index (χ2v) is 5.72. The number of pyridine rings is 1. The van der Waals surface area contributed by atoms with E-state index in [0.717, 1.165) is 24.2 Å². The number of rotatable bonds is 3. The molecule has 0 radical (unpaired) electrons. The van der Waals surface area contributed by atoms with E-state index < -0.39 is 0 Å². The molecule has 0 spiro atoms. The van der Waals surface area contributed by atoms with E-state index in [1.165, 1.54) is 27.4 Å². The van der Waals surface area contributed by atoms with Crippen molar-refractivity contribution in [3.8, 4) is 0 Å². The second kappa shape index (κ2) is 6.94. The summed E-state index contributed by atoms with van der Waals surface area (Å²) >= 11 is 0. The van der Waals surface area contributed by atoms with E-state index >= 15 is 0 Å². The summed E-state index contributed by atoms with van der Waals surface area (Å²) in [5.41, 5.74) is 5.99. The van der Waals surface area contributed by atoms with E-state index in [-0.39, 0.29) is 6.15 Å². The average molecular weight is 319 g/mol. The first-order chi connectivity index (χ1) is 11.7. The predicted molar refractivity (Wildman–Crippen MR) is 91.5 cm³/mol. The number of H-pyrrole nitrogens is 2. The zero-order valence-electron chi connectivity index (χ0n) is 13.3. The van der Waals surface area contributed by atoms with Crippen LogP contribution < -0.4 is 0 Å². The number of hydrogen-bond donors (Lipinski definition) is 2. The van der Waals surface area contributed by atoms with Crippen LogP contribution in [0.5, 0.6) is 0 Å². The number of nitrogens with zero attached hydrogens (tertiary/aromatic N) is 1. The summed E-state index contributed by atoms with van der Waals surface area (Å²) in [6, 6.07) is 13.1. The summed E-state index contributed by atoms with van der Waals surface area (Å²) in [4.78, 5) is 27.3. The Hall–Kier alpha value is -3.17. The monoisotopic (exact) mass is 319 g/mol. The van der Waals surface area contributed by atoms with Gasteiger partial charge in [0, 0.05) is 29.0 Å². The molecule has 3 aromatic heterocycles. The van der Waals surface area contributed by atoms with Crippen molar-refractivity contribution in [3.05, 3.63) is 65.6 Å². The smallest absolute Gasteiger partial charge is 0.361 e. The standard InChI is InChI=1S/C18H17N3.CO2/c1-12-8-16-9-14(11-20-18(16)21-12)3-2-13-4-5-15-6-7-19-17(15)10-13;2-1-3/h4-11,19H,2-3H2,1H3,(H,20,21);. The van der Waals surface area contributed by atoms with Gasteiger partial charge in [0.1, 0.15) is 5.65 Å². The molecule has 0 aliphatic carbocycles. The fourth-order valence-electron chi connectivity index (χ4n) is 2.87. The van der Waals surface area contributed by atoms with Gasteiger partial charge >= 0.3 is 6.15 Å². The minimum Gasteiger partial charge on any atom is -0.361 e. The van der Waals surface area contributed by atoms with Gasteiger partial charge in [-0.15, -0.1) is 0 Å². The molecule has 0 fully saturated rings. The Bertz CT molecular complexity index is 1010. The summed E-state index contributed by atoms with van der Waals surface area (Å²) < 4.78 is 0. The van der Waals surface area contributed by atoms with Crippen LogP contribution in [0.25, 0.3) is 21.9 Å². The van der Waals surface area contributed by atoms with E-state index in [2.05, 4.69) is 58.3 Å². The van der Waals surface area contributed by atoms with Crippen molar-refractivity contribution in [2.75, 3.05) is 0 Å². The highest BCUT2D eigenvalue weighted by Gasteiger charge is 2.03. The van der Waals surface area contributed by atoms with Crippen molar-refractivity contribution < 1.29 is 9.59 Å². The molecule has 5 nitrogen and oxygen atoms in total. The molecule has 0 aliphatic rings. The van der Waals surface area contributed by atoms with Gasteiger partial charge in [0.15, 0.2) is 0 Å². The molecule has 1 aromatic carbocycles. The number of benzene rings is 1. The number of aryl methyl sites for hydroxylation is 3. The summed E-state index contributed by atoms with van der Waals surface area (Å²) in [6.45, 7) is 2.06. The second-order valence-electron chi connectivity index (χ2n) is 5.72. The quantitative estimate of drug-likeness (QED) is 0.606. The maximum atomic E-state index is 8.12. The minimum absolute atomic E-state index is 0.250. The molecule has 4 aromatic rings. The minimum atomic E-state index is 0.250. The topological polar surface area (TPSA) is 78.6 Å². The van der Waals surface area contributed by atoms with Crippen LogP contribution >= 0.6 is 0 Å². The number of fused-ring (bicyclic) bond motifs is 2. The molecule has 120 valence electrons. The van der Waals surface area contributed by atoms with E-state index in [1.807, 2.05) is 12.4 Å². The lowest BCUT2D eigenvalue weighted by Crippen LogP contribution is -1.92. The number of carbonyl (C=O) groups excluding carboxylic acids is 2. The molecule has 0 unspecified atom stereocenters. The van der Waals surface area contributed by atoms with Gasteiger partial charge in [0.2, 0.25) is 0 Å². The summed E-state index contributed by atoms with van der Waals surface area (Å²) in [5.74, 6) is 0. The van der Waals surface area contributed by atoms with Crippen LogP contribution in [-0.2, 0) is 22.4 Å². The molecule has 0 saturated heterocycles. The zero-order valence-corrected chi connectivity index (χ0v) is 13.3. The van der Waals surface area contributed by atoms with E-state index in [9.17, 15) is 0 Å². The lowest BCUT2D eigenvalue weighted by atomic mass is 10.0. The molecule has 4 rings (SSSR count). The Labute approximate surface area is 138 Å². The van der Waals surface area contributed by atoms with Crippen LogP contribution in [0.3, 0.4) is 0 Å². The lowest BCUT2D eigenvalue weighted by Gasteiger charge is -2.03. The first-order valence-corrected chi connectivity index (χ1v) is 7.69. The predicted octanol–water partition coefficient (Wildman–Crippen LogP) is 3.55. The molecule has 0 saturated carbocycles. The molecule has 0 aliphatic heterocycles. The van der Waals surface area contributed by atoms with Crippen molar-refractivity contribution in [3.63, 3.8) is 0 Å². The molecule has 5 heteroatoms. The maximum Gasteiger partial charge on any atom is 0.373 e. The highest BCUT2D eigenvalue weighted by atomic mass is 16.2. The van der Waals surface area contributed by atoms with Crippen LogP contribution in [0.15, 0.2) is 48.8 Å². The highest BCUT2D eigenvalue weighted by molar-refractivity contribution is 5.80. The van der Waals surface area contributed by atoms with Crippen LogP contribution in [0.1, 0.15) is 16.8 Å². The van der Waals surface area contributed by atoms with Crippen molar-refractivity contribution in [1.82, 2.24) is 15.0 Å². The van der Waals surface area contributed by atoms with E-state index in [0.29, 0.717) is 0 Å². The van der Waals surface area contributed by atoms with Crippen LogP contribution in [-0.4, -0.2) is 21.1 Å². The van der Waals surface area contributed by atoms with Crippen molar-refractivity contribution in [2.45, 2.75) is 19.8 Å². The third-order valence-electron chi connectivity index (χ3n) is 3.98. The fraction of sp³-hybridized carbons (Fsp3) is 0.158. The first kappa shape index (κ1) is 15.7. The highest BCUT2D eigenvalue weighted by Crippen LogP contribution is 2.18. The third kappa shape index (κ3) is 3.42. The number of aromatic nitrogens is 3. The Balaban J connectivity index is 0.000000526. The molecular weight excluding hydrogens is 302 g/mol. The zero-order chi connectivity index (χ0) is 16.9. The van der Waals surface area contributed by atoms with Gasteiger partial charge in [-0.3, -0.25) is 0 Å². The van der Waals surface area contributed by atoms with Gasteiger partial charge in [-0.1, -0.05) is 12.1 Å². The summed E-state index contributed by atoms with van der Waals surface area (Å²) in [6.07, 6.45) is 6.26. The number of hydrogen-bond acceptors (Lipinski definition) is 3. The van der Waals surface area contributed by atoms with E-state index in [4.69, 9.17) is 9.59 Å². The van der Waals surface area contributed by atoms with Crippen molar-refractivity contribution >= 4 is 28.1 Å². The summed E-state index contributed by atoms with van der Waals surface area (Å²) in [7, 11) is 0. The molecule has 24 heavy (non-hydrogen) atoms. The average Bonchev–Trinajstić information content (AvgIpc) is 3.17. The van der Waals surface area contributed by atoms with Gasteiger partial charge in [-0.05, 0) is 60.5 Å². The van der Waals surface area contributed by atoms with Crippen molar-refractivity contribution in [1.29, 1.82) is 0 Å². The van der Waals surface area contributed by atoms with Gasteiger partial charge < -0.3 is 9.97 Å². The molecule has 0 atom stereocenters. The van der Waals surface area contributed by atoms with Crippen LogP contribution in [0.4, 0.5) is 0 Å². The van der Waals surface area contributed by atoms with Crippen LogP contribution in [0, 0.1) is 6.92 Å². The number of aromatic amines is 2. The molecule has 2 N–H and O–H groups in total. The third-order valence-corrected chi connectivity index (χ3v) is 3.98. The largest absolute Gasteiger partial charge is 0.373 e. The SMILES string of the molecule is Cc1cc2cc(CCc3ccc4cc[nH]c4c3)cnc2[nH]1.O=C=O. The summed E-state index contributed by atoms with van der Waals surface area (Å²) in [5, 5.41) is 2.47. The van der Waals surface area contributed by atoms with Gasteiger partial charge in [-0.2, -0.15) is 9.59 Å². The van der Waals surface area contributed by atoms with Gasteiger partial charge in [-0.25, -0.2) is 4.98 Å². The Kier molecular flexibility index (Phi) is 4.54. The lowest BCUT2D eigenvalue weighted by molar-refractivity contribution is -0.191. The van der Waals surface area contributed by atoms with Gasteiger partial charge in [0.25, 0.3) is 0 Å². The molecule has 0 amide bonds. The first-order valence-electron chi connectivity index (χ1n) is 7.69. The van der Waals surface area contributed by atoms with Gasteiger partial charge in [0.05, 0.1) is 0 Å². The molecular formula is C19H17N3O2. The van der Waals surface area contributed by atoms with Crippen molar-refractivity contribution in [2.24, 2.45) is 0 Å². The Morgan fingerprint density at radius 1 is 1.00 bits per heavy atom.